The highest BCUT2D eigenvalue weighted by Gasteiger charge is 2.08. The molecule has 0 aliphatic carbocycles. The number of rotatable bonds is 6. The number of ketones is 1. The van der Waals surface area contributed by atoms with E-state index in [2.05, 4.69) is 0 Å². The maximum Gasteiger partial charge on any atom is 0.310 e. The molecule has 0 saturated carbocycles. The summed E-state index contributed by atoms with van der Waals surface area (Å²) in [6.45, 7) is 3.77. The van der Waals surface area contributed by atoms with Crippen molar-refractivity contribution >= 4 is 11.8 Å². The average Bonchev–Trinajstić information content (AvgIpc) is 2.28. The molecule has 0 fully saturated rings. The second-order valence-corrected chi connectivity index (χ2v) is 3.95. The van der Waals surface area contributed by atoms with Crippen LogP contribution < -0.4 is 0 Å². The minimum atomic E-state index is -0.220. The van der Waals surface area contributed by atoms with Crippen LogP contribution in [0.3, 0.4) is 0 Å². The first-order valence-electron chi connectivity index (χ1n) is 5.85. The highest BCUT2D eigenvalue weighted by atomic mass is 16.5. The van der Waals surface area contributed by atoms with Gasteiger partial charge in [0, 0.05) is 6.42 Å². The molecule has 0 spiro atoms. The van der Waals surface area contributed by atoms with Crippen molar-refractivity contribution in [2.45, 2.75) is 33.1 Å². The Morgan fingerprint density at radius 2 is 1.82 bits per heavy atom. The second kappa shape index (κ2) is 6.84. The van der Waals surface area contributed by atoms with E-state index in [0.29, 0.717) is 19.4 Å². The van der Waals surface area contributed by atoms with E-state index >= 15 is 0 Å². The molecule has 0 radical (unpaired) electrons. The zero-order valence-corrected chi connectivity index (χ0v) is 10.4. The van der Waals surface area contributed by atoms with E-state index in [9.17, 15) is 9.59 Å². The lowest BCUT2D eigenvalue weighted by Crippen LogP contribution is -2.09. The van der Waals surface area contributed by atoms with Crippen LogP contribution in [0.15, 0.2) is 24.3 Å². The van der Waals surface area contributed by atoms with Crippen LogP contribution in [0.25, 0.3) is 0 Å². The average molecular weight is 234 g/mol. The van der Waals surface area contributed by atoms with Crippen molar-refractivity contribution < 1.29 is 14.3 Å². The molecule has 92 valence electrons. The number of carbonyl (C=O) groups is 2. The van der Waals surface area contributed by atoms with Gasteiger partial charge in [-0.15, -0.1) is 0 Å². The topological polar surface area (TPSA) is 43.4 Å². The van der Waals surface area contributed by atoms with Gasteiger partial charge >= 0.3 is 5.97 Å². The summed E-state index contributed by atoms with van der Waals surface area (Å²) in [6, 6.07) is 7.68. The standard InChI is InChI=1S/C14H18O3/c1-3-17-14(16)10-13-7-5-4-6-12(13)9-8-11(2)15/h4-7H,3,8-10H2,1-2H3. The van der Waals surface area contributed by atoms with Gasteiger partial charge in [0.25, 0.3) is 0 Å². The summed E-state index contributed by atoms with van der Waals surface area (Å²) in [5.74, 6) is -0.0567. The van der Waals surface area contributed by atoms with Crippen molar-refractivity contribution in [3.05, 3.63) is 35.4 Å². The molecule has 0 unspecified atom stereocenters. The van der Waals surface area contributed by atoms with Gasteiger partial charge in [0.05, 0.1) is 13.0 Å². The number of benzene rings is 1. The van der Waals surface area contributed by atoms with Gasteiger partial charge < -0.3 is 9.53 Å². The number of hydrogen-bond acceptors (Lipinski definition) is 3. The number of ether oxygens (including phenoxy) is 1. The lowest BCUT2D eigenvalue weighted by Gasteiger charge is -2.08. The lowest BCUT2D eigenvalue weighted by molar-refractivity contribution is -0.142. The number of carbonyl (C=O) groups excluding carboxylic acids is 2. The van der Waals surface area contributed by atoms with Crippen molar-refractivity contribution in [3.63, 3.8) is 0 Å². The molecular weight excluding hydrogens is 216 g/mol. The van der Waals surface area contributed by atoms with Gasteiger partial charge in [0.15, 0.2) is 0 Å². The van der Waals surface area contributed by atoms with Crippen LogP contribution in [-0.4, -0.2) is 18.4 Å². The van der Waals surface area contributed by atoms with E-state index in [0.717, 1.165) is 11.1 Å². The molecule has 0 saturated heterocycles. The zero-order chi connectivity index (χ0) is 12.7. The predicted molar refractivity (Wildman–Crippen MR) is 65.8 cm³/mol. The lowest BCUT2D eigenvalue weighted by atomic mass is 10.00. The largest absolute Gasteiger partial charge is 0.466 e. The first-order chi connectivity index (χ1) is 8.13. The van der Waals surface area contributed by atoms with Gasteiger partial charge in [0.1, 0.15) is 5.78 Å². The van der Waals surface area contributed by atoms with E-state index < -0.39 is 0 Å². The van der Waals surface area contributed by atoms with Gasteiger partial charge in [-0.3, -0.25) is 4.79 Å². The molecule has 0 heterocycles. The molecule has 0 bridgehead atoms. The summed E-state index contributed by atoms with van der Waals surface area (Å²) in [6.07, 6.45) is 1.48. The Balaban J connectivity index is 2.70. The zero-order valence-electron chi connectivity index (χ0n) is 10.4. The van der Waals surface area contributed by atoms with E-state index in [1.54, 1.807) is 13.8 Å². The number of Topliss-reactive ketones (excluding diaryl/α,β-unsaturated/α-hetero) is 1. The monoisotopic (exact) mass is 234 g/mol. The molecule has 0 atom stereocenters. The summed E-state index contributed by atoms with van der Waals surface area (Å²) in [4.78, 5) is 22.4. The molecule has 1 aromatic carbocycles. The molecule has 17 heavy (non-hydrogen) atoms. The Labute approximate surface area is 102 Å². The first-order valence-corrected chi connectivity index (χ1v) is 5.85. The Morgan fingerprint density at radius 1 is 1.18 bits per heavy atom. The molecule has 3 nitrogen and oxygen atoms in total. The predicted octanol–water partition coefficient (Wildman–Crippen LogP) is 2.31. The second-order valence-electron chi connectivity index (χ2n) is 3.95. The Morgan fingerprint density at radius 3 is 2.41 bits per heavy atom. The van der Waals surface area contributed by atoms with E-state index in [1.165, 1.54) is 0 Å². The van der Waals surface area contributed by atoms with Crippen molar-refractivity contribution in [1.29, 1.82) is 0 Å². The third kappa shape index (κ3) is 4.81. The SMILES string of the molecule is CCOC(=O)Cc1ccccc1CCC(C)=O. The molecule has 0 aromatic heterocycles. The smallest absolute Gasteiger partial charge is 0.310 e. The summed E-state index contributed by atoms with van der Waals surface area (Å²) in [5.41, 5.74) is 2.00. The fourth-order valence-corrected chi connectivity index (χ4v) is 1.65. The number of esters is 1. The fourth-order valence-electron chi connectivity index (χ4n) is 1.65. The summed E-state index contributed by atoms with van der Waals surface area (Å²) >= 11 is 0. The quantitative estimate of drug-likeness (QED) is 0.709. The molecular formula is C14H18O3. The van der Waals surface area contributed by atoms with Crippen LogP contribution in [0, 0.1) is 0 Å². The fraction of sp³-hybridized carbons (Fsp3) is 0.429. The molecule has 1 rings (SSSR count). The van der Waals surface area contributed by atoms with Gasteiger partial charge in [-0.2, -0.15) is 0 Å². The van der Waals surface area contributed by atoms with Crippen molar-refractivity contribution in [3.8, 4) is 0 Å². The molecule has 0 aliphatic rings. The van der Waals surface area contributed by atoms with Crippen LogP contribution in [0.2, 0.25) is 0 Å². The Bertz CT molecular complexity index is 396. The highest BCUT2D eigenvalue weighted by Crippen LogP contribution is 2.12. The van der Waals surface area contributed by atoms with Crippen molar-refractivity contribution in [2.24, 2.45) is 0 Å². The number of aryl methyl sites for hydroxylation is 1. The van der Waals surface area contributed by atoms with Gasteiger partial charge in [-0.05, 0) is 31.4 Å². The van der Waals surface area contributed by atoms with Crippen LogP contribution in [0.1, 0.15) is 31.4 Å². The minimum absolute atomic E-state index is 0.163. The molecule has 0 N–H and O–H groups in total. The Kier molecular flexibility index (Phi) is 5.40. The molecule has 0 amide bonds. The maximum absolute atomic E-state index is 11.4. The highest BCUT2D eigenvalue weighted by molar-refractivity contribution is 5.76. The summed E-state index contributed by atoms with van der Waals surface area (Å²) in [5, 5.41) is 0. The number of hydrogen-bond donors (Lipinski definition) is 0. The van der Waals surface area contributed by atoms with E-state index in [-0.39, 0.29) is 18.2 Å². The minimum Gasteiger partial charge on any atom is -0.466 e. The van der Waals surface area contributed by atoms with Crippen LogP contribution in [0.4, 0.5) is 0 Å². The molecule has 0 aliphatic heterocycles. The van der Waals surface area contributed by atoms with Crippen molar-refractivity contribution in [2.75, 3.05) is 6.61 Å². The first kappa shape index (κ1) is 13.4. The van der Waals surface area contributed by atoms with Gasteiger partial charge in [-0.25, -0.2) is 0 Å². The van der Waals surface area contributed by atoms with Crippen LogP contribution in [-0.2, 0) is 27.2 Å². The van der Waals surface area contributed by atoms with Crippen molar-refractivity contribution in [1.82, 2.24) is 0 Å². The van der Waals surface area contributed by atoms with Gasteiger partial charge in [-0.1, -0.05) is 24.3 Å². The third-order valence-corrected chi connectivity index (χ3v) is 2.50. The van der Waals surface area contributed by atoms with Gasteiger partial charge in [0.2, 0.25) is 0 Å². The van der Waals surface area contributed by atoms with E-state index in [1.807, 2.05) is 24.3 Å². The summed E-state index contributed by atoms with van der Waals surface area (Å²) in [7, 11) is 0. The molecule has 3 heteroatoms. The normalized spacial score (nSPS) is 10.0. The third-order valence-electron chi connectivity index (χ3n) is 2.50. The van der Waals surface area contributed by atoms with Crippen LogP contribution in [0.5, 0.6) is 0 Å². The van der Waals surface area contributed by atoms with Crippen LogP contribution >= 0.6 is 0 Å². The Hall–Kier alpha value is -1.64. The molecule has 1 aromatic rings. The van der Waals surface area contributed by atoms with E-state index in [4.69, 9.17) is 4.74 Å². The maximum atomic E-state index is 11.4. The summed E-state index contributed by atoms with van der Waals surface area (Å²) < 4.78 is 4.92.